The van der Waals surface area contributed by atoms with Crippen LogP contribution in [-0.4, -0.2) is 29.1 Å². The molecule has 0 aromatic rings. The zero-order valence-corrected chi connectivity index (χ0v) is 8.80. The van der Waals surface area contributed by atoms with Gasteiger partial charge in [0.1, 0.15) is 0 Å². The van der Waals surface area contributed by atoms with Crippen LogP contribution in [-0.2, 0) is 0 Å². The third-order valence-electron chi connectivity index (χ3n) is 2.78. The van der Waals surface area contributed by atoms with Crippen LogP contribution in [0.2, 0.25) is 0 Å². The fraction of sp³-hybridized carbons (Fsp3) is 1.00. The molecule has 0 unspecified atom stereocenters. The Hall–Kier alpha value is -0.0800. The molecule has 1 saturated heterocycles. The van der Waals surface area contributed by atoms with Crippen molar-refractivity contribution in [1.29, 1.82) is 0 Å². The molecule has 1 aliphatic heterocycles. The average Bonchev–Trinajstić information content (AvgIpc) is 1.92. The lowest BCUT2D eigenvalue weighted by Crippen LogP contribution is -2.55. The monoisotopic (exact) mass is 170 g/mol. The van der Waals surface area contributed by atoms with Gasteiger partial charge in [0, 0.05) is 24.2 Å². The molecule has 0 aromatic carbocycles. The highest BCUT2D eigenvalue weighted by Crippen LogP contribution is 2.24. The quantitative estimate of drug-likeness (QED) is 0.598. The summed E-state index contributed by atoms with van der Waals surface area (Å²) >= 11 is 0. The van der Waals surface area contributed by atoms with Crippen molar-refractivity contribution in [3.8, 4) is 0 Å². The van der Waals surface area contributed by atoms with Gasteiger partial charge in [-0.15, -0.1) is 0 Å². The van der Waals surface area contributed by atoms with Gasteiger partial charge in [0.2, 0.25) is 0 Å². The minimum absolute atomic E-state index is 0.275. The summed E-state index contributed by atoms with van der Waals surface area (Å²) in [6, 6.07) is 1.09. The van der Waals surface area contributed by atoms with Crippen LogP contribution in [0.25, 0.3) is 0 Å². The standard InChI is InChI=1S/C10H22N2/c1-8-5-6-9(11)7-12(8)10(2,3)4/h8-9H,5-7,11H2,1-4H3/t8-,9-/m0/s1. The van der Waals surface area contributed by atoms with E-state index in [1.54, 1.807) is 0 Å². The molecule has 72 valence electrons. The van der Waals surface area contributed by atoms with E-state index in [9.17, 15) is 0 Å². The maximum Gasteiger partial charge on any atom is 0.0168 e. The highest BCUT2D eigenvalue weighted by Gasteiger charge is 2.30. The van der Waals surface area contributed by atoms with E-state index >= 15 is 0 Å². The number of rotatable bonds is 0. The average molecular weight is 170 g/mol. The van der Waals surface area contributed by atoms with Crippen molar-refractivity contribution in [3.63, 3.8) is 0 Å². The SMILES string of the molecule is C[C@H]1CC[C@H](N)CN1C(C)(C)C. The van der Waals surface area contributed by atoms with Crippen molar-refractivity contribution in [3.05, 3.63) is 0 Å². The Labute approximate surface area is 76.1 Å². The summed E-state index contributed by atoms with van der Waals surface area (Å²) in [5.41, 5.74) is 6.22. The minimum atomic E-state index is 0.275. The van der Waals surface area contributed by atoms with E-state index < -0.39 is 0 Å². The second kappa shape index (κ2) is 3.35. The van der Waals surface area contributed by atoms with Crippen LogP contribution in [0, 0.1) is 0 Å². The van der Waals surface area contributed by atoms with Crippen LogP contribution in [0.15, 0.2) is 0 Å². The van der Waals surface area contributed by atoms with Crippen LogP contribution in [0.5, 0.6) is 0 Å². The summed E-state index contributed by atoms with van der Waals surface area (Å²) in [6.07, 6.45) is 2.44. The second-order valence-electron chi connectivity index (χ2n) is 5.01. The van der Waals surface area contributed by atoms with Crippen molar-refractivity contribution in [2.75, 3.05) is 6.54 Å². The first-order valence-corrected chi connectivity index (χ1v) is 4.93. The molecule has 2 nitrogen and oxygen atoms in total. The summed E-state index contributed by atoms with van der Waals surface area (Å²) in [4.78, 5) is 2.52. The van der Waals surface area contributed by atoms with Gasteiger partial charge >= 0.3 is 0 Å². The van der Waals surface area contributed by atoms with E-state index in [0.717, 1.165) is 6.54 Å². The zero-order chi connectivity index (χ0) is 9.35. The summed E-state index contributed by atoms with van der Waals surface area (Å²) in [5, 5.41) is 0. The molecule has 0 saturated carbocycles. The third-order valence-corrected chi connectivity index (χ3v) is 2.78. The third kappa shape index (κ3) is 2.20. The van der Waals surface area contributed by atoms with Crippen molar-refractivity contribution in [1.82, 2.24) is 4.90 Å². The molecule has 12 heavy (non-hydrogen) atoms. The molecular formula is C10H22N2. The maximum atomic E-state index is 5.94. The van der Waals surface area contributed by atoms with Crippen molar-refractivity contribution in [2.45, 2.75) is 58.2 Å². The number of piperidine rings is 1. The largest absolute Gasteiger partial charge is 0.327 e. The van der Waals surface area contributed by atoms with Gasteiger partial charge in [-0.2, -0.15) is 0 Å². The first-order valence-electron chi connectivity index (χ1n) is 4.93. The van der Waals surface area contributed by atoms with E-state index in [4.69, 9.17) is 5.73 Å². The smallest absolute Gasteiger partial charge is 0.0168 e. The zero-order valence-electron chi connectivity index (χ0n) is 8.80. The van der Waals surface area contributed by atoms with Gasteiger partial charge in [-0.05, 0) is 40.5 Å². The van der Waals surface area contributed by atoms with Crippen LogP contribution < -0.4 is 5.73 Å². The Bertz CT molecular complexity index is 148. The van der Waals surface area contributed by atoms with Crippen LogP contribution in [0.4, 0.5) is 0 Å². The molecule has 0 aliphatic carbocycles. The molecule has 1 fully saturated rings. The van der Waals surface area contributed by atoms with Crippen molar-refractivity contribution in [2.24, 2.45) is 5.73 Å². The fourth-order valence-corrected chi connectivity index (χ4v) is 2.07. The number of hydrogen-bond donors (Lipinski definition) is 1. The highest BCUT2D eigenvalue weighted by atomic mass is 15.2. The van der Waals surface area contributed by atoms with Gasteiger partial charge in [0.15, 0.2) is 0 Å². The lowest BCUT2D eigenvalue weighted by atomic mass is 9.93. The van der Waals surface area contributed by atoms with E-state index in [2.05, 4.69) is 32.6 Å². The molecule has 0 amide bonds. The predicted molar refractivity (Wildman–Crippen MR) is 53.1 cm³/mol. The van der Waals surface area contributed by atoms with Crippen LogP contribution >= 0.6 is 0 Å². The minimum Gasteiger partial charge on any atom is -0.327 e. The van der Waals surface area contributed by atoms with Gasteiger partial charge in [0.25, 0.3) is 0 Å². The highest BCUT2D eigenvalue weighted by molar-refractivity contribution is 4.88. The van der Waals surface area contributed by atoms with Gasteiger partial charge in [-0.25, -0.2) is 0 Å². The lowest BCUT2D eigenvalue weighted by molar-refractivity contribution is 0.0517. The molecule has 1 aliphatic rings. The van der Waals surface area contributed by atoms with E-state index in [1.807, 2.05) is 0 Å². The summed E-state index contributed by atoms with van der Waals surface area (Å²) < 4.78 is 0. The molecule has 0 radical (unpaired) electrons. The first kappa shape index (κ1) is 10.0. The van der Waals surface area contributed by atoms with Gasteiger partial charge in [-0.1, -0.05) is 0 Å². The first-order chi connectivity index (χ1) is 5.41. The molecule has 0 aromatic heterocycles. The number of nitrogens with zero attached hydrogens (tertiary/aromatic N) is 1. The molecule has 1 rings (SSSR count). The van der Waals surface area contributed by atoms with Gasteiger partial charge in [-0.3, -0.25) is 4.90 Å². The fourth-order valence-electron chi connectivity index (χ4n) is 2.07. The lowest BCUT2D eigenvalue weighted by Gasteiger charge is -2.45. The molecule has 2 N–H and O–H groups in total. The van der Waals surface area contributed by atoms with Crippen LogP contribution in [0.1, 0.15) is 40.5 Å². The molecule has 2 atom stereocenters. The molecule has 2 heteroatoms. The molecule has 0 bridgehead atoms. The number of likely N-dealkylation sites (tertiary alicyclic amines) is 1. The Morgan fingerprint density at radius 2 is 1.83 bits per heavy atom. The Morgan fingerprint density at radius 3 is 2.25 bits per heavy atom. The summed E-state index contributed by atoms with van der Waals surface area (Å²) in [5.74, 6) is 0. The number of hydrogen-bond acceptors (Lipinski definition) is 2. The van der Waals surface area contributed by atoms with Crippen LogP contribution in [0.3, 0.4) is 0 Å². The van der Waals surface area contributed by atoms with E-state index in [0.29, 0.717) is 12.1 Å². The molecular weight excluding hydrogens is 148 g/mol. The normalized spacial score (nSPS) is 33.8. The van der Waals surface area contributed by atoms with Gasteiger partial charge < -0.3 is 5.73 Å². The second-order valence-corrected chi connectivity index (χ2v) is 5.01. The Kier molecular flexibility index (Phi) is 2.79. The summed E-state index contributed by atoms with van der Waals surface area (Å²) in [6.45, 7) is 10.2. The number of nitrogens with two attached hydrogens (primary N) is 1. The maximum absolute atomic E-state index is 5.94. The van der Waals surface area contributed by atoms with Gasteiger partial charge in [0.05, 0.1) is 0 Å². The summed E-state index contributed by atoms with van der Waals surface area (Å²) in [7, 11) is 0. The molecule has 1 heterocycles. The van der Waals surface area contributed by atoms with Crippen molar-refractivity contribution >= 4 is 0 Å². The topological polar surface area (TPSA) is 29.3 Å². The molecule has 0 spiro atoms. The predicted octanol–water partition coefficient (Wildman–Crippen LogP) is 1.60. The van der Waals surface area contributed by atoms with Crippen molar-refractivity contribution < 1.29 is 0 Å². The van der Waals surface area contributed by atoms with E-state index in [-0.39, 0.29) is 5.54 Å². The Morgan fingerprint density at radius 1 is 1.25 bits per heavy atom. The van der Waals surface area contributed by atoms with E-state index in [1.165, 1.54) is 12.8 Å². The Balaban J connectivity index is 2.61.